The van der Waals surface area contributed by atoms with Crippen LogP contribution in [0.5, 0.6) is 0 Å². The highest BCUT2D eigenvalue weighted by Gasteiger charge is 2.09. The molecule has 2 heteroatoms. The quantitative estimate of drug-likeness (QED) is 0.303. The number of thiol groups is 1. The van der Waals surface area contributed by atoms with E-state index in [1.165, 1.54) is 11.1 Å². The van der Waals surface area contributed by atoms with Gasteiger partial charge in [-0.05, 0) is 69.2 Å². The van der Waals surface area contributed by atoms with Gasteiger partial charge in [-0.15, -0.1) is 12.6 Å². The summed E-state index contributed by atoms with van der Waals surface area (Å²) in [5.41, 5.74) is 7.90. The average Bonchev–Trinajstić information content (AvgIpc) is 2.58. The molecule has 0 fully saturated rings. The molecule has 0 N–H and O–H groups in total. The highest BCUT2D eigenvalue weighted by Crippen LogP contribution is 2.24. The third kappa shape index (κ3) is 6.55. The Balaban J connectivity index is 2.83. The molecule has 0 saturated heterocycles. The summed E-state index contributed by atoms with van der Waals surface area (Å²) in [5, 5.41) is 0. The standard InChI is InChI=1S/C23H31NS/c1-15(2)20(7)23(25)19(6)14-24-21(8)17(4)13-18(5)22-11-9-16(3)10-12-22/h9-12,14,17,25H,1,5,13H2,2-4,6-8H3/b19-14+,23-20-,24-21+. The van der Waals surface area contributed by atoms with Crippen molar-refractivity contribution in [3.8, 4) is 0 Å². The molecular weight excluding hydrogens is 322 g/mol. The minimum absolute atomic E-state index is 0.340. The van der Waals surface area contributed by atoms with Crippen molar-refractivity contribution in [2.24, 2.45) is 10.9 Å². The molecule has 0 bridgehead atoms. The lowest BCUT2D eigenvalue weighted by Gasteiger charge is -2.14. The van der Waals surface area contributed by atoms with Crippen LogP contribution >= 0.6 is 12.6 Å². The molecule has 1 nitrogen and oxygen atoms in total. The fraction of sp³-hybridized carbons (Fsp3) is 0.348. The Bertz CT molecular complexity index is 730. The van der Waals surface area contributed by atoms with E-state index in [0.717, 1.165) is 39.3 Å². The van der Waals surface area contributed by atoms with Crippen LogP contribution in [0, 0.1) is 12.8 Å². The second-order valence-electron chi connectivity index (χ2n) is 6.91. The highest BCUT2D eigenvalue weighted by molar-refractivity contribution is 7.84. The van der Waals surface area contributed by atoms with Crippen LogP contribution in [0.4, 0.5) is 0 Å². The number of hydrogen-bond donors (Lipinski definition) is 1. The van der Waals surface area contributed by atoms with E-state index in [0.29, 0.717) is 5.92 Å². The normalized spacial score (nSPS) is 14.8. The molecule has 0 aromatic heterocycles. The monoisotopic (exact) mass is 353 g/mol. The topological polar surface area (TPSA) is 12.4 Å². The molecule has 0 heterocycles. The molecule has 0 aliphatic heterocycles. The van der Waals surface area contributed by atoms with E-state index in [1.54, 1.807) is 0 Å². The van der Waals surface area contributed by atoms with E-state index >= 15 is 0 Å². The largest absolute Gasteiger partial charge is 0.265 e. The van der Waals surface area contributed by atoms with Gasteiger partial charge in [0.05, 0.1) is 0 Å². The second kappa shape index (κ2) is 9.62. The first-order valence-corrected chi connectivity index (χ1v) is 9.10. The zero-order valence-corrected chi connectivity index (χ0v) is 17.4. The average molecular weight is 354 g/mol. The predicted octanol–water partition coefficient (Wildman–Crippen LogP) is 7.18. The van der Waals surface area contributed by atoms with Crippen molar-refractivity contribution in [2.45, 2.75) is 48.0 Å². The van der Waals surface area contributed by atoms with Crippen molar-refractivity contribution < 1.29 is 0 Å². The molecule has 0 saturated carbocycles. The minimum Gasteiger partial charge on any atom is -0.265 e. The van der Waals surface area contributed by atoms with E-state index < -0.39 is 0 Å². The van der Waals surface area contributed by atoms with Crippen molar-refractivity contribution in [1.82, 2.24) is 0 Å². The lowest BCUT2D eigenvalue weighted by molar-refractivity contribution is 0.798. The summed E-state index contributed by atoms with van der Waals surface area (Å²) >= 11 is 4.59. The van der Waals surface area contributed by atoms with Crippen LogP contribution < -0.4 is 0 Å². The van der Waals surface area contributed by atoms with Crippen molar-refractivity contribution in [1.29, 1.82) is 0 Å². The first kappa shape index (κ1) is 21.2. The van der Waals surface area contributed by atoms with Gasteiger partial charge in [0.1, 0.15) is 0 Å². The SMILES string of the molecule is C=C(C)/C(C)=C(S)/C(C)=C/N=C(\C)C(C)CC(=C)c1ccc(C)cc1. The third-order valence-corrected chi connectivity index (χ3v) is 5.24. The molecule has 1 atom stereocenters. The number of aliphatic imine (C=N–C) groups is 1. The van der Waals surface area contributed by atoms with E-state index in [1.807, 2.05) is 27.0 Å². The smallest absolute Gasteiger partial charge is 0.0307 e. The summed E-state index contributed by atoms with van der Waals surface area (Å²) in [4.78, 5) is 5.59. The van der Waals surface area contributed by atoms with Gasteiger partial charge in [-0.25, -0.2) is 0 Å². The van der Waals surface area contributed by atoms with Gasteiger partial charge >= 0.3 is 0 Å². The van der Waals surface area contributed by atoms with Gasteiger partial charge in [-0.2, -0.15) is 0 Å². The fourth-order valence-corrected chi connectivity index (χ4v) is 2.56. The van der Waals surface area contributed by atoms with Crippen LogP contribution in [0.25, 0.3) is 5.57 Å². The second-order valence-corrected chi connectivity index (χ2v) is 7.36. The Morgan fingerprint density at radius 2 is 1.68 bits per heavy atom. The zero-order valence-electron chi connectivity index (χ0n) is 16.5. The molecule has 0 spiro atoms. The van der Waals surface area contributed by atoms with E-state index in [9.17, 15) is 0 Å². The summed E-state index contributed by atoms with van der Waals surface area (Å²) in [6, 6.07) is 8.53. The Hall–Kier alpha value is -1.80. The van der Waals surface area contributed by atoms with Crippen LogP contribution in [0.15, 0.2) is 70.2 Å². The minimum atomic E-state index is 0.340. The van der Waals surface area contributed by atoms with Crippen molar-refractivity contribution in [3.63, 3.8) is 0 Å². The maximum Gasteiger partial charge on any atom is 0.0307 e. The lowest BCUT2D eigenvalue weighted by Crippen LogP contribution is -2.07. The van der Waals surface area contributed by atoms with Crippen molar-refractivity contribution >= 4 is 23.9 Å². The Morgan fingerprint density at radius 1 is 1.12 bits per heavy atom. The molecule has 1 aromatic rings. The van der Waals surface area contributed by atoms with Gasteiger partial charge in [0, 0.05) is 16.8 Å². The van der Waals surface area contributed by atoms with Gasteiger partial charge in [0.15, 0.2) is 0 Å². The van der Waals surface area contributed by atoms with Crippen LogP contribution in [-0.2, 0) is 0 Å². The molecule has 0 aliphatic carbocycles. The maximum absolute atomic E-state index is 4.65. The molecule has 0 aliphatic rings. The molecule has 0 radical (unpaired) electrons. The number of benzene rings is 1. The molecule has 25 heavy (non-hydrogen) atoms. The molecule has 1 aromatic carbocycles. The number of aryl methyl sites for hydroxylation is 1. The van der Waals surface area contributed by atoms with Gasteiger partial charge in [-0.3, -0.25) is 4.99 Å². The molecule has 0 amide bonds. The predicted molar refractivity (Wildman–Crippen MR) is 117 cm³/mol. The first-order valence-electron chi connectivity index (χ1n) is 8.65. The van der Waals surface area contributed by atoms with E-state index in [4.69, 9.17) is 0 Å². The van der Waals surface area contributed by atoms with E-state index in [2.05, 4.69) is 75.8 Å². The van der Waals surface area contributed by atoms with Gasteiger partial charge in [-0.1, -0.05) is 55.5 Å². The van der Waals surface area contributed by atoms with Crippen LogP contribution in [0.3, 0.4) is 0 Å². The van der Waals surface area contributed by atoms with Crippen LogP contribution in [0.1, 0.15) is 52.2 Å². The maximum atomic E-state index is 4.65. The van der Waals surface area contributed by atoms with Crippen molar-refractivity contribution in [2.75, 3.05) is 0 Å². The summed E-state index contributed by atoms with van der Waals surface area (Å²) in [6.07, 6.45) is 2.80. The first-order chi connectivity index (χ1) is 11.6. The Kier molecular flexibility index (Phi) is 8.18. The van der Waals surface area contributed by atoms with Gasteiger partial charge in [0.25, 0.3) is 0 Å². The summed E-state index contributed by atoms with van der Waals surface area (Å²) in [6.45, 7) is 20.6. The number of nitrogens with zero attached hydrogens (tertiary/aromatic N) is 1. The summed E-state index contributed by atoms with van der Waals surface area (Å²) in [7, 11) is 0. The molecular formula is C23H31NS. The Labute approximate surface area is 159 Å². The molecule has 1 rings (SSSR count). The lowest BCUT2D eigenvalue weighted by atomic mass is 9.93. The molecule has 134 valence electrons. The fourth-order valence-electron chi connectivity index (χ4n) is 2.31. The van der Waals surface area contributed by atoms with E-state index in [-0.39, 0.29) is 0 Å². The summed E-state index contributed by atoms with van der Waals surface area (Å²) < 4.78 is 0. The Morgan fingerprint density at radius 3 is 2.20 bits per heavy atom. The highest BCUT2D eigenvalue weighted by atomic mass is 32.1. The van der Waals surface area contributed by atoms with Crippen molar-refractivity contribution in [3.05, 3.63) is 76.4 Å². The number of rotatable bonds is 7. The number of hydrogen-bond acceptors (Lipinski definition) is 2. The third-order valence-electron chi connectivity index (χ3n) is 4.56. The molecule has 1 unspecified atom stereocenters. The van der Waals surface area contributed by atoms with Gasteiger partial charge < -0.3 is 0 Å². The zero-order chi connectivity index (χ0) is 19.1. The summed E-state index contributed by atoms with van der Waals surface area (Å²) in [5.74, 6) is 0.340. The van der Waals surface area contributed by atoms with Crippen LogP contribution in [0.2, 0.25) is 0 Å². The van der Waals surface area contributed by atoms with Crippen LogP contribution in [-0.4, -0.2) is 5.71 Å². The van der Waals surface area contributed by atoms with Gasteiger partial charge in [0.2, 0.25) is 0 Å². The number of allylic oxidation sites excluding steroid dienone is 4.